The maximum absolute atomic E-state index is 5.59. The molecule has 1 unspecified atom stereocenters. The summed E-state index contributed by atoms with van der Waals surface area (Å²) in [5, 5.41) is 0. The minimum Gasteiger partial charge on any atom is -0.295 e. The molecule has 1 aliphatic heterocycles. The van der Waals surface area contributed by atoms with Gasteiger partial charge < -0.3 is 0 Å². The van der Waals surface area contributed by atoms with Gasteiger partial charge in [0.15, 0.2) is 0 Å². The van der Waals surface area contributed by atoms with Crippen molar-refractivity contribution in [2.45, 2.75) is 38.3 Å². The first-order valence-electron chi connectivity index (χ1n) is 7.20. The van der Waals surface area contributed by atoms with Crippen molar-refractivity contribution in [3.8, 4) is 11.1 Å². The van der Waals surface area contributed by atoms with E-state index in [0.29, 0.717) is 6.04 Å². The molecular formula is C18H21NO. The predicted octanol–water partition coefficient (Wildman–Crippen LogP) is 3.97. The Bertz CT molecular complexity index is 577. The van der Waals surface area contributed by atoms with Crippen LogP contribution in [-0.2, 0) is 11.3 Å². The van der Waals surface area contributed by atoms with E-state index in [0.717, 1.165) is 12.8 Å². The van der Waals surface area contributed by atoms with Crippen LogP contribution in [0, 0.1) is 0 Å². The van der Waals surface area contributed by atoms with Crippen molar-refractivity contribution < 1.29 is 4.84 Å². The standard InChI is InChI=1S/C18H21NO/c1-18(2)13-17(19-20-18)12-14-7-6-10-16(11-14)15-8-4-3-5-9-15/h3-11,17,19H,12-13H2,1-2H3. The van der Waals surface area contributed by atoms with Gasteiger partial charge in [-0.15, -0.1) is 0 Å². The van der Waals surface area contributed by atoms with Gasteiger partial charge in [0.1, 0.15) is 0 Å². The number of benzene rings is 2. The molecule has 0 saturated carbocycles. The number of hydrogen-bond donors (Lipinski definition) is 1. The van der Waals surface area contributed by atoms with Crippen molar-refractivity contribution in [2.75, 3.05) is 0 Å². The lowest BCUT2D eigenvalue weighted by molar-refractivity contribution is -0.0311. The summed E-state index contributed by atoms with van der Waals surface area (Å²) in [6.45, 7) is 4.25. The SMILES string of the molecule is CC1(C)CC(Cc2cccc(-c3ccccc3)c2)NO1. The van der Waals surface area contributed by atoms with Crippen LogP contribution in [-0.4, -0.2) is 11.6 Å². The molecule has 20 heavy (non-hydrogen) atoms. The van der Waals surface area contributed by atoms with Gasteiger partial charge in [-0.3, -0.25) is 4.84 Å². The molecule has 0 radical (unpaired) electrons. The second kappa shape index (κ2) is 5.39. The normalized spacial score (nSPS) is 21.0. The summed E-state index contributed by atoms with van der Waals surface area (Å²) < 4.78 is 0. The summed E-state index contributed by atoms with van der Waals surface area (Å²) in [6, 6.07) is 19.7. The van der Waals surface area contributed by atoms with E-state index in [1.807, 2.05) is 0 Å². The van der Waals surface area contributed by atoms with Gasteiger partial charge in [-0.2, -0.15) is 5.48 Å². The van der Waals surface area contributed by atoms with Crippen molar-refractivity contribution in [3.05, 3.63) is 60.2 Å². The molecule has 0 aromatic heterocycles. The maximum Gasteiger partial charge on any atom is 0.0856 e. The molecule has 1 aliphatic rings. The average molecular weight is 267 g/mol. The summed E-state index contributed by atoms with van der Waals surface area (Å²) >= 11 is 0. The molecule has 1 atom stereocenters. The highest BCUT2D eigenvalue weighted by Gasteiger charge is 2.31. The van der Waals surface area contributed by atoms with Gasteiger partial charge in [-0.25, -0.2) is 0 Å². The van der Waals surface area contributed by atoms with E-state index in [-0.39, 0.29) is 5.60 Å². The fourth-order valence-electron chi connectivity index (χ4n) is 2.83. The van der Waals surface area contributed by atoms with E-state index in [4.69, 9.17) is 4.84 Å². The van der Waals surface area contributed by atoms with Crippen molar-refractivity contribution >= 4 is 0 Å². The molecular weight excluding hydrogens is 246 g/mol. The van der Waals surface area contributed by atoms with E-state index in [9.17, 15) is 0 Å². The van der Waals surface area contributed by atoms with Gasteiger partial charge in [0.25, 0.3) is 0 Å². The van der Waals surface area contributed by atoms with Crippen molar-refractivity contribution in [1.29, 1.82) is 0 Å². The molecule has 2 aromatic rings. The van der Waals surface area contributed by atoms with E-state index < -0.39 is 0 Å². The van der Waals surface area contributed by atoms with Gasteiger partial charge in [0, 0.05) is 6.04 Å². The lowest BCUT2D eigenvalue weighted by Gasteiger charge is -2.13. The third-order valence-corrected chi connectivity index (χ3v) is 3.76. The second-order valence-corrected chi connectivity index (χ2v) is 6.15. The highest BCUT2D eigenvalue weighted by molar-refractivity contribution is 5.63. The third kappa shape index (κ3) is 3.09. The molecule has 1 saturated heterocycles. The molecule has 2 nitrogen and oxygen atoms in total. The zero-order chi connectivity index (χ0) is 14.0. The monoisotopic (exact) mass is 267 g/mol. The molecule has 0 bridgehead atoms. The average Bonchev–Trinajstić information content (AvgIpc) is 2.79. The smallest absolute Gasteiger partial charge is 0.0856 e. The Hall–Kier alpha value is -1.64. The van der Waals surface area contributed by atoms with Gasteiger partial charge >= 0.3 is 0 Å². The first-order valence-corrected chi connectivity index (χ1v) is 7.20. The molecule has 3 rings (SSSR count). The number of rotatable bonds is 3. The summed E-state index contributed by atoms with van der Waals surface area (Å²) in [5.41, 5.74) is 7.00. The molecule has 1 N–H and O–H groups in total. The Morgan fingerprint density at radius 1 is 1.05 bits per heavy atom. The molecule has 0 aliphatic carbocycles. The van der Waals surface area contributed by atoms with Crippen molar-refractivity contribution in [3.63, 3.8) is 0 Å². The van der Waals surface area contributed by atoms with E-state index >= 15 is 0 Å². The van der Waals surface area contributed by atoms with Crippen LogP contribution < -0.4 is 5.48 Å². The summed E-state index contributed by atoms with van der Waals surface area (Å²) in [7, 11) is 0. The summed E-state index contributed by atoms with van der Waals surface area (Å²) in [6.07, 6.45) is 2.05. The zero-order valence-corrected chi connectivity index (χ0v) is 12.1. The minimum atomic E-state index is -0.0539. The summed E-state index contributed by atoms with van der Waals surface area (Å²) in [5.74, 6) is 0. The quantitative estimate of drug-likeness (QED) is 0.908. The molecule has 1 heterocycles. The largest absolute Gasteiger partial charge is 0.295 e. The van der Waals surface area contributed by atoms with Crippen molar-refractivity contribution in [1.82, 2.24) is 5.48 Å². The van der Waals surface area contributed by atoms with Crippen LogP contribution in [0.15, 0.2) is 54.6 Å². The maximum atomic E-state index is 5.59. The number of hydrogen-bond acceptors (Lipinski definition) is 2. The second-order valence-electron chi connectivity index (χ2n) is 6.15. The van der Waals surface area contributed by atoms with E-state index in [1.165, 1.54) is 16.7 Å². The lowest BCUT2D eigenvalue weighted by atomic mass is 9.94. The molecule has 2 aromatic carbocycles. The van der Waals surface area contributed by atoms with Gasteiger partial charge in [0.2, 0.25) is 0 Å². The van der Waals surface area contributed by atoms with Gasteiger partial charge in [0.05, 0.1) is 5.60 Å². The molecule has 0 spiro atoms. The number of hydroxylamine groups is 1. The molecule has 1 fully saturated rings. The molecule has 104 valence electrons. The number of nitrogens with one attached hydrogen (secondary N) is 1. The van der Waals surface area contributed by atoms with Gasteiger partial charge in [-0.1, -0.05) is 54.6 Å². The molecule has 0 amide bonds. The first-order chi connectivity index (χ1) is 9.62. The fraction of sp³-hybridized carbons (Fsp3) is 0.333. The van der Waals surface area contributed by atoms with Crippen LogP contribution in [0.2, 0.25) is 0 Å². The Kier molecular flexibility index (Phi) is 3.60. The van der Waals surface area contributed by atoms with Crippen LogP contribution in [0.25, 0.3) is 11.1 Å². The predicted molar refractivity (Wildman–Crippen MR) is 82.3 cm³/mol. The van der Waals surface area contributed by atoms with Crippen LogP contribution in [0.5, 0.6) is 0 Å². The Morgan fingerprint density at radius 2 is 1.80 bits per heavy atom. The Labute approximate surface area is 120 Å². The third-order valence-electron chi connectivity index (χ3n) is 3.76. The highest BCUT2D eigenvalue weighted by atomic mass is 16.7. The Morgan fingerprint density at radius 3 is 2.50 bits per heavy atom. The van der Waals surface area contributed by atoms with Crippen LogP contribution in [0.3, 0.4) is 0 Å². The van der Waals surface area contributed by atoms with E-state index in [2.05, 4.69) is 73.9 Å². The topological polar surface area (TPSA) is 21.3 Å². The highest BCUT2D eigenvalue weighted by Crippen LogP contribution is 2.26. The van der Waals surface area contributed by atoms with Crippen molar-refractivity contribution in [2.24, 2.45) is 0 Å². The zero-order valence-electron chi connectivity index (χ0n) is 12.1. The lowest BCUT2D eigenvalue weighted by Crippen LogP contribution is -2.22. The summed E-state index contributed by atoms with van der Waals surface area (Å²) in [4.78, 5) is 5.59. The fourth-order valence-corrected chi connectivity index (χ4v) is 2.83. The van der Waals surface area contributed by atoms with Crippen LogP contribution >= 0.6 is 0 Å². The van der Waals surface area contributed by atoms with Gasteiger partial charge in [-0.05, 0) is 43.4 Å². The molecule has 2 heteroatoms. The van der Waals surface area contributed by atoms with Crippen LogP contribution in [0.4, 0.5) is 0 Å². The van der Waals surface area contributed by atoms with Crippen LogP contribution in [0.1, 0.15) is 25.8 Å². The minimum absolute atomic E-state index is 0.0539. The first kappa shape index (κ1) is 13.3. The van der Waals surface area contributed by atoms with E-state index in [1.54, 1.807) is 0 Å². The Balaban J connectivity index is 1.76.